The van der Waals surface area contributed by atoms with Gasteiger partial charge in [0.2, 0.25) is 5.95 Å². The predicted molar refractivity (Wildman–Crippen MR) is 107 cm³/mol. The van der Waals surface area contributed by atoms with Crippen LogP contribution in [0.2, 0.25) is 0 Å². The molecule has 2 saturated heterocycles. The molecule has 0 aliphatic carbocycles. The highest BCUT2D eigenvalue weighted by molar-refractivity contribution is 7.80. The number of hydrogen-bond acceptors (Lipinski definition) is 14. The standard InChI is InChI=1S/C16H23N5O12S/c1-4-7(22)8(23)9(24)15(31-4)33-11-5(2-30-34(27,28)29)32-14(10(11)25)21-3-18-6-12(21)19-16(17)20-13(6)26/h3-5,7-11,14-15,22-25H,2H2,1H3,(H,27,28,29)(H3,17,19,20,26)/t4-,5-,7+,8+,9-,10-,11-,14-,15-/m1/s1. The number of aromatic nitrogens is 4. The molecule has 0 amide bonds. The lowest BCUT2D eigenvalue weighted by Crippen LogP contribution is -2.59. The zero-order chi connectivity index (χ0) is 24.9. The van der Waals surface area contributed by atoms with Crippen LogP contribution in [0.4, 0.5) is 5.95 Å². The Labute approximate surface area is 190 Å². The van der Waals surface area contributed by atoms with Crippen LogP contribution in [0.25, 0.3) is 11.2 Å². The summed E-state index contributed by atoms with van der Waals surface area (Å²) in [6, 6.07) is 0. The predicted octanol–water partition coefficient (Wildman–Crippen LogP) is -4.01. The summed E-state index contributed by atoms with van der Waals surface area (Å²) in [7, 11) is -4.90. The number of nitrogens with one attached hydrogen (secondary N) is 1. The Kier molecular flexibility index (Phi) is 6.63. The first-order chi connectivity index (χ1) is 15.9. The minimum absolute atomic E-state index is 0.0680. The maximum atomic E-state index is 12.1. The first kappa shape index (κ1) is 24.9. The quantitative estimate of drug-likeness (QED) is 0.183. The number of anilines is 1. The molecule has 17 nitrogen and oxygen atoms in total. The molecule has 0 aromatic carbocycles. The van der Waals surface area contributed by atoms with Gasteiger partial charge >= 0.3 is 10.4 Å². The first-order valence-electron chi connectivity index (χ1n) is 9.90. The third-order valence-electron chi connectivity index (χ3n) is 5.52. The van der Waals surface area contributed by atoms with Gasteiger partial charge in [-0.15, -0.1) is 0 Å². The van der Waals surface area contributed by atoms with Crippen molar-refractivity contribution in [2.24, 2.45) is 0 Å². The Morgan fingerprint density at radius 1 is 1.18 bits per heavy atom. The number of aliphatic hydroxyl groups is 4. The Morgan fingerprint density at radius 2 is 1.88 bits per heavy atom. The first-order valence-corrected chi connectivity index (χ1v) is 11.3. The van der Waals surface area contributed by atoms with Gasteiger partial charge in [0.1, 0.15) is 36.6 Å². The molecule has 2 aromatic rings. The van der Waals surface area contributed by atoms with Crippen molar-refractivity contribution in [2.45, 2.75) is 62.2 Å². The molecule has 0 saturated carbocycles. The van der Waals surface area contributed by atoms with Gasteiger partial charge in [0.05, 0.1) is 19.0 Å². The molecule has 190 valence electrons. The van der Waals surface area contributed by atoms with Gasteiger partial charge in [-0.05, 0) is 6.92 Å². The number of hydrogen-bond donors (Lipinski definition) is 7. The molecule has 2 aromatic heterocycles. The second-order valence-corrected chi connectivity index (χ2v) is 8.92. The topological polar surface area (TPSA) is 262 Å². The third-order valence-corrected chi connectivity index (χ3v) is 5.95. The Hall–Kier alpha value is -2.26. The Bertz CT molecular complexity index is 1200. The van der Waals surface area contributed by atoms with Crippen LogP contribution >= 0.6 is 0 Å². The number of nitrogen functional groups attached to an aromatic ring is 1. The van der Waals surface area contributed by atoms with Crippen molar-refractivity contribution in [1.82, 2.24) is 19.5 Å². The summed E-state index contributed by atoms with van der Waals surface area (Å²) >= 11 is 0. The van der Waals surface area contributed by atoms with Crippen LogP contribution in [0, 0.1) is 0 Å². The summed E-state index contributed by atoms with van der Waals surface area (Å²) in [6.45, 7) is 0.577. The van der Waals surface area contributed by atoms with Crippen molar-refractivity contribution in [1.29, 1.82) is 0 Å². The second-order valence-electron chi connectivity index (χ2n) is 7.83. The van der Waals surface area contributed by atoms with Crippen LogP contribution in [0.5, 0.6) is 0 Å². The van der Waals surface area contributed by atoms with Crippen LogP contribution in [-0.4, -0.2) is 109 Å². The SMILES string of the molecule is C[C@H]1O[C@H](O[C@H]2[C@@H](O)[C@H](n3cnc4c(=O)[nH]c(N)nc43)O[C@@H]2COS(=O)(=O)O)[C@H](O)[C@@H](O)[C@H]1O. The summed E-state index contributed by atoms with van der Waals surface area (Å²) in [5.74, 6) is -0.244. The maximum absolute atomic E-state index is 12.1. The van der Waals surface area contributed by atoms with Crippen molar-refractivity contribution < 1.29 is 51.8 Å². The summed E-state index contributed by atoms with van der Waals surface area (Å²) in [5.41, 5.74) is 4.72. The average molecular weight is 509 g/mol. The van der Waals surface area contributed by atoms with Gasteiger partial charge in [-0.2, -0.15) is 13.4 Å². The lowest BCUT2D eigenvalue weighted by Gasteiger charge is -2.40. The van der Waals surface area contributed by atoms with E-state index in [4.69, 9.17) is 24.5 Å². The molecule has 18 heteroatoms. The molecule has 4 rings (SSSR count). The number of aliphatic hydroxyl groups excluding tert-OH is 4. The molecule has 4 heterocycles. The Morgan fingerprint density at radius 3 is 2.56 bits per heavy atom. The maximum Gasteiger partial charge on any atom is 0.397 e. The number of nitrogens with two attached hydrogens (primary N) is 1. The van der Waals surface area contributed by atoms with Gasteiger partial charge < -0.3 is 40.4 Å². The summed E-state index contributed by atoms with van der Waals surface area (Å²) in [6.07, 6.45) is -12.1. The van der Waals surface area contributed by atoms with E-state index in [-0.39, 0.29) is 17.1 Å². The van der Waals surface area contributed by atoms with E-state index in [1.54, 1.807) is 0 Å². The van der Waals surface area contributed by atoms with E-state index in [0.717, 1.165) is 10.9 Å². The molecule has 9 atom stereocenters. The zero-order valence-corrected chi connectivity index (χ0v) is 18.2. The van der Waals surface area contributed by atoms with E-state index < -0.39 is 77.8 Å². The van der Waals surface area contributed by atoms with Crippen molar-refractivity contribution in [3.8, 4) is 0 Å². The van der Waals surface area contributed by atoms with E-state index in [1.807, 2.05) is 0 Å². The number of H-pyrrole nitrogens is 1. The Balaban J connectivity index is 1.65. The molecule has 0 bridgehead atoms. The van der Waals surface area contributed by atoms with Gasteiger partial charge in [0, 0.05) is 0 Å². The van der Waals surface area contributed by atoms with Gasteiger partial charge in [-0.1, -0.05) is 0 Å². The van der Waals surface area contributed by atoms with E-state index in [0.29, 0.717) is 0 Å². The minimum Gasteiger partial charge on any atom is -0.388 e. The highest BCUT2D eigenvalue weighted by Gasteiger charge is 2.51. The molecular formula is C16H23N5O12S. The normalized spacial score (nSPS) is 36.8. The van der Waals surface area contributed by atoms with Gasteiger partial charge in [-0.25, -0.2) is 9.17 Å². The molecule has 34 heavy (non-hydrogen) atoms. The lowest BCUT2D eigenvalue weighted by atomic mass is 10.00. The summed E-state index contributed by atoms with van der Waals surface area (Å²) < 4.78 is 53.2. The highest BCUT2D eigenvalue weighted by Crippen LogP contribution is 2.35. The second kappa shape index (κ2) is 9.07. The van der Waals surface area contributed by atoms with Crippen LogP contribution in [0.3, 0.4) is 0 Å². The molecule has 2 fully saturated rings. The lowest BCUT2D eigenvalue weighted by molar-refractivity contribution is -0.311. The summed E-state index contributed by atoms with van der Waals surface area (Å²) in [4.78, 5) is 22.2. The van der Waals surface area contributed by atoms with Crippen molar-refractivity contribution in [3.63, 3.8) is 0 Å². The fraction of sp³-hybridized carbons (Fsp3) is 0.688. The van der Waals surface area contributed by atoms with E-state index in [1.165, 1.54) is 6.92 Å². The van der Waals surface area contributed by atoms with Gasteiger partial charge in [-0.3, -0.25) is 18.9 Å². The molecule has 0 radical (unpaired) electrons. The third kappa shape index (κ3) is 4.64. The number of fused-ring (bicyclic) bond motifs is 1. The van der Waals surface area contributed by atoms with Crippen molar-refractivity contribution >= 4 is 27.5 Å². The molecular weight excluding hydrogens is 486 g/mol. The van der Waals surface area contributed by atoms with Crippen LogP contribution in [0.1, 0.15) is 13.2 Å². The monoisotopic (exact) mass is 509 g/mol. The number of ether oxygens (including phenoxy) is 3. The van der Waals surface area contributed by atoms with Gasteiger partial charge in [0.15, 0.2) is 23.7 Å². The highest BCUT2D eigenvalue weighted by atomic mass is 32.3. The van der Waals surface area contributed by atoms with Gasteiger partial charge in [0.25, 0.3) is 5.56 Å². The molecule has 0 spiro atoms. The number of imidazole rings is 1. The zero-order valence-electron chi connectivity index (χ0n) is 17.4. The fourth-order valence-corrected chi connectivity index (χ4v) is 4.12. The molecule has 0 unspecified atom stereocenters. The number of rotatable bonds is 6. The van der Waals surface area contributed by atoms with E-state index in [9.17, 15) is 33.6 Å². The smallest absolute Gasteiger partial charge is 0.388 e. The molecule has 8 N–H and O–H groups in total. The average Bonchev–Trinajstić information content (AvgIpc) is 3.29. The van der Waals surface area contributed by atoms with Crippen molar-refractivity contribution in [2.75, 3.05) is 12.3 Å². The summed E-state index contributed by atoms with van der Waals surface area (Å²) in [5, 5.41) is 41.1. The number of aromatic amines is 1. The fourth-order valence-electron chi connectivity index (χ4n) is 3.81. The number of nitrogens with zero attached hydrogens (tertiary/aromatic N) is 3. The van der Waals surface area contributed by atoms with Crippen molar-refractivity contribution in [3.05, 3.63) is 16.7 Å². The van der Waals surface area contributed by atoms with E-state index in [2.05, 4.69) is 19.1 Å². The van der Waals surface area contributed by atoms with Crippen LogP contribution in [-0.2, 0) is 28.8 Å². The van der Waals surface area contributed by atoms with Crippen LogP contribution in [0.15, 0.2) is 11.1 Å². The minimum atomic E-state index is -4.90. The molecule has 2 aliphatic rings. The molecule has 2 aliphatic heterocycles. The largest absolute Gasteiger partial charge is 0.397 e. The van der Waals surface area contributed by atoms with Crippen LogP contribution < -0.4 is 11.3 Å². The van der Waals surface area contributed by atoms with E-state index >= 15 is 0 Å².